The highest BCUT2D eigenvalue weighted by Gasteiger charge is 2.28. The number of hydrogen-bond acceptors (Lipinski definition) is 4. The third kappa shape index (κ3) is 3.44. The summed E-state index contributed by atoms with van der Waals surface area (Å²) in [4.78, 5) is 26.2. The monoisotopic (exact) mass is 284 g/mol. The van der Waals surface area contributed by atoms with E-state index in [0.29, 0.717) is 12.1 Å². The average molecular weight is 284 g/mol. The van der Waals surface area contributed by atoms with E-state index in [4.69, 9.17) is 0 Å². The van der Waals surface area contributed by atoms with E-state index in [-0.39, 0.29) is 35.0 Å². The smallest absolute Gasteiger partial charge is 0.256 e. The maximum absolute atomic E-state index is 11.8. The molecule has 0 aromatic carbocycles. The van der Waals surface area contributed by atoms with Crippen LogP contribution in [-0.2, 0) is 9.84 Å². The van der Waals surface area contributed by atoms with Gasteiger partial charge in [0.1, 0.15) is 5.56 Å². The van der Waals surface area contributed by atoms with Crippen LogP contribution in [0, 0.1) is 12.8 Å². The van der Waals surface area contributed by atoms with Crippen molar-refractivity contribution in [1.82, 2.24) is 10.3 Å². The molecule has 0 aliphatic carbocycles. The summed E-state index contributed by atoms with van der Waals surface area (Å²) < 4.78 is 22.6. The maximum Gasteiger partial charge on any atom is 0.256 e. The fourth-order valence-corrected chi connectivity index (χ4v) is 3.98. The molecule has 2 heterocycles. The van der Waals surface area contributed by atoms with Crippen molar-refractivity contribution >= 4 is 15.7 Å². The van der Waals surface area contributed by atoms with Crippen molar-refractivity contribution in [1.29, 1.82) is 0 Å². The molecule has 1 saturated heterocycles. The molecule has 0 bridgehead atoms. The van der Waals surface area contributed by atoms with Gasteiger partial charge in [0.15, 0.2) is 15.3 Å². The minimum atomic E-state index is -2.94. The Morgan fingerprint density at radius 3 is 2.84 bits per heavy atom. The zero-order valence-corrected chi connectivity index (χ0v) is 11.4. The first-order valence-electron chi connectivity index (χ1n) is 6.05. The fraction of sp³-hybridized carbons (Fsp3) is 0.500. The number of amides is 1. The molecule has 19 heavy (non-hydrogen) atoms. The van der Waals surface area contributed by atoms with Gasteiger partial charge in [-0.3, -0.25) is 9.59 Å². The third-order valence-corrected chi connectivity index (χ3v) is 5.02. The summed E-state index contributed by atoms with van der Waals surface area (Å²) in [5, 5.41) is 2.62. The van der Waals surface area contributed by atoms with Crippen LogP contribution in [0.3, 0.4) is 0 Å². The minimum absolute atomic E-state index is 0.0476. The predicted octanol–water partition coefficient (Wildman–Crippen LogP) is -0.152. The van der Waals surface area contributed by atoms with Crippen LogP contribution in [0.1, 0.15) is 22.5 Å². The molecule has 1 aromatic rings. The zero-order valence-electron chi connectivity index (χ0n) is 10.6. The number of rotatable bonds is 3. The molecule has 6 nitrogen and oxygen atoms in total. The van der Waals surface area contributed by atoms with Crippen molar-refractivity contribution in [3.05, 3.63) is 33.7 Å². The quantitative estimate of drug-likeness (QED) is 0.806. The number of hydrogen-bond donors (Lipinski definition) is 2. The van der Waals surface area contributed by atoms with Gasteiger partial charge in [-0.25, -0.2) is 8.42 Å². The van der Waals surface area contributed by atoms with Crippen molar-refractivity contribution in [2.24, 2.45) is 5.92 Å². The van der Waals surface area contributed by atoms with Gasteiger partial charge in [-0.15, -0.1) is 0 Å². The lowest BCUT2D eigenvalue weighted by atomic mass is 10.1. The van der Waals surface area contributed by atoms with Crippen LogP contribution in [0.15, 0.2) is 17.1 Å². The van der Waals surface area contributed by atoms with Crippen LogP contribution < -0.4 is 10.7 Å². The molecular formula is C12H16N2O4S. The molecule has 0 saturated carbocycles. The van der Waals surface area contributed by atoms with Crippen LogP contribution >= 0.6 is 0 Å². The first-order chi connectivity index (χ1) is 8.87. The summed E-state index contributed by atoms with van der Waals surface area (Å²) in [7, 11) is -2.94. The van der Waals surface area contributed by atoms with E-state index < -0.39 is 15.7 Å². The van der Waals surface area contributed by atoms with Crippen LogP contribution in [0.4, 0.5) is 0 Å². The van der Waals surface area contributed by atoms with Crippen LogP contribution in [0.25, 0.3) is 0 Å². The van der Waals surface area contributed by atoms with E-state index in [9.17, 15) is 18.0 Å². The summed E-state index contributed by atoms with van der Waals surface area (Å²) in [5.74, 6) is -0.236. The van der Waals surface area contributed by atoms with E-state index in [0.717, 1.165) is 0 Å². The van der Waals surface area contributed by atoms with Crippen LogP contribution in [0.2, 0.25) is 0 Å². The molecule has 104 valence electrons. The lowest BCUT2D eigenvalue weighted by Crippen LogP contribution is -2.33. The zero-order chi connectivity index (χ0) is 14.0. The molecule has 1 unspecified atom stereocenters. The van der Waals surface area contributed by atoms with Gasteiger partial charge in [0.05, 0.1) is 11.5 Å². The van der Waals surface area contributed by atoms with Crippen molar-refractivity contribution in [2.45, 2.75) is 13.3 Å². The summed E-state index contributed by atoms with van der Waals surface area (Å²) in [6.07, 6.45) is 1.94. The standard InChI is InChI=1S/C12H16N2O4S/c1-8-4-11(15)10(6-13-8)12(16)14-5-9-2-3-19(17,18)7-9/h4,6,9H,2-3,5,7H2,1H3,(H,13,15)(H,14,16). The van der Waals surface area contributed by atoms with Gasteiger partial charge in [-0.2, -0.15) is 0 Å². The van der Waals surface area contributed by atoms with Crippen molar-refractivity contribution < 1.29 is 13.2 Å². The Hall–Kier alpha value is -1.63. The summed E-state index contributed by atoms with van der Waals surface area (Å²) in [5.41, 5.74) is 0.391. The average Bonchev–Trinajstić information content (AvgIpc) is 2.66. The first kappa shape index (κ1) is 13.8. The molecular weight excluding hydrogens is 268 g/mol. The number of nitrogens with one attached hydrogen (secondary N) is 2. The Labute approximate surface area is 111 Å². The van der Waals surface area contributed by atoms with E-state index in [1.54, 1.807) is 6.92 Å². The molecule has 0 spiro atoms. The van der Waals surface area contributed by atoms with Gasteiger partial charge < -0.3 is 10.3 Å². The molecule has 1 aromatic heterocycles. The molecule has 1 amide bonds. The highest BCUT2D eigenvalue weighted by atomic mass is 32.2. The number of sulfone groups is 1. The molecule has 1 aliphatic heterocycles. The number of carbonyl (C=O) groups is 1. The second-order valence-electron chi connectivity index (χ2n) is 4.87. The van der Waals surface area contributed by atoms with Gasteiger partial charge in [0.25, 0.3) is 5.91 Å². The Balaban J connectivity index is 1.97. The lowest BCUT2D eigenvalue weighted by Gasteiger charge is -2.09. The second-order valence-corrected chi connectivity index (χ2v) is 7.10. The molecule has 1 fully saturated rings. The topological polar surface area (TPSA) is 96.1 Å². The number of H-pyrrole nitrogens is 1. The second kappa shape index (κ2) is 5.16. The number of pyridine rings is 1. The van der Waals surface area contributed by atoms with Gasteiger partial charge >= 0.3 is 0 Å². The Kier molecular flexibility index (Phi) is 3.75. The first-order valence-corrected chi connectivity index (χ1v) is 7.87. The number of aryl methyl sites for hydroxylation is 1. The minimum Gasteiger partial charge on any atom is -0.364 e. The van der Waals surface area contributed by atoms with Crippen molar-refractivity contribution in [3.8, 4) is 0 Å². The van der Waals surface area contributed by atoms with E-state index in [1.165, 1.54) is 12.3 Å². The third-order valence-electron chi connectivity index (χ3n) is 3.18. The van der Waals surface area contributed by atoms with E-state index in [2.05, 4.69) is 10.3 Å². The maximum atomic E-state index is 11.8. The van der Waals surface area contributed by atoms with Gasteiger partial charge in [0.2, 0.25) is 0 Å². The summed E-state index contributed by atoms with van der Waals surface area (Å²) in [6, 6.07) is 1.36. The largest absolute Gasteiger partial charge is 0.364 e. The Morgan fingerprint density at radius 1 is 1.53 bits per heavy atom. The summed E-state index contributed by atoms with van der Waals surface area (Å²) >= 11 is 0. The normalized spacial score (nSPS) is 21.2. The van der Waals surface area contributed by atoms with Crippen LogP contribution in [-0.4, -0.2) is 37.4 Å². The van der Waals surface area contributed by atoms with Gasteiger partial charge in [-0.1, -0.05) is 0 Å². The van der Waals surface area contributed by atoms with E-state index >= 15 is 0 Å². The Morgan fingerprint density at radius 2 is 2.26 bits per heavy atom. The molecule has 1 atom stereocenters. The fourth-order valence-electron chi connectivity index (χ4n) is 2.12. The van der Waals surface area contributed by atoms with E-state index in [1.807, 2.05) is 0 Å². The highest BCUT2D eigenvalue weighted by Crippen LogP contribution is 2.17. The number of carbonyl (C=O) groups excluding carboxylic acids is 1. The molecule has 7 heteroatoms. The van der Waals surface area contributed by atoms with Gasteiger partial charge in [0, 0.05) is 24.5 Å². The number of aromatic nitrogens is 1. The summed E-state index contributed by atoms with van der Waals surface area (Å²) in [6.45, 7) is 2.01. The lowest BCUT2D eigenvalue weighted by molar-refractivity contribution is 0.0947. The molecule has 2 N–H and O–H groups in total. The Bertz CT molecular complexity index is 648. The molecule has 0 radical (unpaired) electrons. The predicted molar refractivity (Wildman–Crippen MR) is 70.9 cm³/mol. The highest BCUT2D eigenvalue weighted by molar-refractivity contribution is 7.91. The molecule has 1 aliphatic rings. The van der Waals surface area contributed by atoms with Crippen molar-refractivity contribution in [2.75, 3.05) is 18.1 Å². The molecule has 2 rings (SSSR count). The van der Waals surface area contributed by atoms with Crippen molar-refractivity contribution in [3.63, 3.8) is 0 Å². The van der Waals surface area contributed by atoms with Crippen LogP contribution in [0.5, 0.6) is 0 Å². The SMILES string of the molecule is Cc1cc(=O)c(C(=O)NCC2CCS(=O)(=O)C2)c[nH]1. The van der Waals surface area contributed by atoms with Gasteiger partial charge in [-0.05, 0) is 19.3 Å². The number of aromatic amines is 1.